The molecule has 0 bridgehead atoms. The van der Waals surface area contributed by atoms with Gasteiger partial charge in [-0.05, 0) is 18.9 Å². The van der Waals surface area contributed by atoms with Crippen molar-refractivity contribution >= 4 is 16.9 Å². The molecule has 0 unspecified atom stereocenters. The van der Waals surface area contributed by atoms with Gasteiger partial charge in [0, 0.05) is 13.6 Å². The Morgan fingerprint density at radius 2 is 1.96 bits per heavy atom. The molecule has 1 saturated heterocycles. The Balaban J connectivity index is 1.73. The Hall–Kier alpha value is -2.47. The molecule has 1 aliphatic rings. The summed E-state index contributed by atoms with van der Waals surface area (Å²) in [5.74, 6) is 1.57. The number of fused-ring (bicyclic) bond motifs is 1. The van der Waals surface area contributed by atoms with E-state index in [4.69, 9.17) is 0 Å². The number of benzene rings is 1. The number of aliphatic hydroxyl groups is 1. The first kappa shape index (κ1) is 14.1. The lowest BCUT2D eigenvalue weighted by atomic mass is 9.93. The van der Waals surface area contributed by atoms with E-state index < -0.39 is 5.60 Å². The van der Waals surface area contributed by atoms with E-state index >= 15 is 0 Å². The maximum Gasteiger partial charge on any atom is 0.163 e. The molecule has 3 aromatic rings. The number of aromatic nitrogens is 4. The third kappa shape index (κ3) is 2.26. The zero-order valence-electron chi connectivity index (χ0n) is 13.3. The smallest absolute Gasteiger partial charge is 0.163 e. The topological polar surface area (TPSA) is 67.1 Å². The van der Waals surface area contributed by atoms with Crippen molar-refractivity contribution in [3.63, 3.8) is 0 Å². The van der Waals surface area contributed by atoms with Crippen LogP contribution in [0.1, 0.15) is 17.8 Å². The molecule has 1 fully saturated rings. The Morgan fingerprint density at radius 3 is 2.74 bits per heavy atom. The van der Waals surface area contributed by atoms with Gasteiger partial charge in [-0.2, -0.15) is 5.10 Å². The van der Waals surface area contributed by atoms with Gasteiger partial charge >= 0.3 is 0 Å². The van der Waals surface area contributed by atoms with E-state index in [-0.39, 0.29) is 0 Å². The molecular weight excluding hydrogens is 290 g/mol. The van der Waals surface area contributed by atoms with E-state index in [0.29, 0.717) is 18.8 Å². The van der Waals surface area contributed by atoms with Gasteiger partial charge in [0.05, 0.1) is 18.1 Å². The minimum absolute atomic E-state index is 0.525. The summed E-state index contributed by atoms with van der Waals surface area (Å²) < 4.78 is 1.76. The fourth-order valence-corrected chi connectivity index (χ4v) is 3.31. The van der Waals surface area contributed by atoms with E-state index in [9.17, 15) is 5.11 Å². The summed E-state index contributed by atoms with van der Waals surface area (Å²) in [6.45, 7) is 3.17. The van der Waals surface area contributed by atoms with Gasteiger partial charge in [0.1, 0.15) is 17.2 Å². The van der Waals surface area contributed by atoms with Crippen molar-refractivity contribution in [2.45, 2.75) is 18.9 Å². The summed E-state index contributed by atoms with van der Waals surface area (Å²) in [7, 11) is 1.88. The highest BCUT2D eigenvalue weighted by Crippen LogP contribution is 2.35. The molecule has 0 radical (unpaired) electrons. The summed E-state index contributed by atoms with van der Waals surface area (Å²) in [6, 6.07) is 9.85. The van der Waals surface area contributed by atoms with E-state index in [1.54, 1.807) is 10.9 Å². The van der Waals surface area contributed by atoms with Crippen molar-refractivity contribution in [3.05, 3.63) is 47.9 Å². The van der Waals surface area contributed by atoms with Crippen molar-refractivity contribution in [3.8, 4) is 0 Å². The fourth-order valence-electron chi connectivity index (χ4n) is 3.31. The van der Waals surface area contributed by atoms with Gasteiger partial charge in [0.25, 0.3) is 0 Å². The molecule has 23 heavy (non-hydrogen) atoms. The standard InChI is InChI=1S/C17H19N5O/c1-12-19-15-14(10-18-21(15)2)16(20-12)22-9-8-17(23,11-22)13-6-4-3-5-7-13/h3-7,10,23H,8-9,11H2,1-2H3/t17-/m0/s1. The minimum atomic E-state index is -0.839. The molecule has 6 heteroatoms. The highest BCUT2D eigenvalue weighted by atomic mass is 16.3. The molecule has 118 valence electrons. The number of hydrogen-bond donors (Lipinski definition) is 1. The summed E-state index contributed by atoms with van der Waals surface area (Å²) in [4.78, 5) is 11.2. The van der Waals surface area contributed by atoms with Crippen molar-refractivity contribution < 1.29 is 5.11 Å². The molecule has 1 atom stereocenters. The predicted molar refractivity (Wildman–Crippen MR) is 88.2 cm³/mol. The van der Waals surface area contributed by atoms with Crippen LogP contribution in [0.2, 0.25) is 0 Å². The Morgan fingerprint density at radius 1 is 1.17 bits per heavy atom. The zero-order chi connectivity index (χ0) is 16.0. The molecule has 0 saturated carbocycles. The van der Waals surface area contributed by atoms with Crippen LogP contribution in [-0.2, 0) is 12.6 Å². The van der Waals surface area contributed by atoms with Crippen molar-refractivity contribution in [2.24, 2.45) is 7.05 Å². The van der Waals surface area contributed by atoms with Crippen LogP contribution in [0.5, 0.6) is 0 Å². The van der Waals surface area contributed by atoms with Gasteiger partial charge in [-0.1, -0.05) is 30.3 Å². The molecular formula is C17H19N5O. The van der Waals surface area contributed by atoms with Gasteiger partial charge < -0.3 is 10.0 Å². The lowest BCUT2D eigenvalue weighted by molar-refractivity contribution is 0.0606. The van der Waals surface area contributed by atoms with Gasteiger partial charge in [0.15, 0.2) is 5.65 Å². The number of nitrogens with zero attached hydrogens (tertiary/aromatic N) is 5. The molecule has 1 aliphatic heterocycles. The van der Waals surface area contributed by atoms with E-state index in [0.717, 1.165) is 29.0 Å². The largest absolute Gasteiger partial charge is 0.383 e. The fraction of sp³-hybridized carbons (Fsp3) is 0.353. The third-order valence-corrected chi connectivity index (χ3v) is 4.54. The predicted octanol–water partition coefficient (Wildman–Crippen LogP) is 1.77. The Kier molecular flexibility index (Phi) is 3.09. The molecule has 0 aliphatic carbocycles. The molecule has 0 amide bonds. The van der Waals surface area contributed by atoms with Crippen LogP contribution in [0.4, 0.5) is 5.82 Å². The highest BCUT2D eigenvalue weighted by Gasteiger charge is 2.38. The normalized spacial score (nSPS) is 21.3. The van der Waals surface area contributed by atoms with Crippen LogP contribution in [0.15, 0.2) is 36.5 Å². The van der Waals surface area contributed by atoms with Gasteiger partial charge in [-0.3, -0.25) is 4.68 Å². The number of anilines is 1. The van der Waals surface area contributed by atoms with Crippen LogP contribution in [0.25, 0.3) is 11.0 Å². The number of rotatable bonds is 2. The van der Waals surface area contributed by atoms with Crippen molar-refractivity contribution in [1.82, 2.24) is 19.7 Å². The lowest BCUT2D eigenvalue weighted by Gasteiger charge is -2.24. The maximum absolute atomic E-state index is 11.0. The molecule has 0 spiro atoms. The van der Waals surface area contributed by atoms with E-state index in [1.165, 1.54) is 0 Å². The molecule has 1 N–H and O–H groups in total. The second-order valence-corrected chi connectivity index (χ2v) is 6.17. The van der Waals surface area contributed by atoms with E-state index in [2.05, 4.69) is 20.0 Å². The van der Waals surface area contributed by atoms with Crippen LogP contribution in [0, 0.1) is 6.92 Å². The summed E-state index contributed by atoms with van der Waals surface area (Å²) >= 11 is 0. The van der Waals surface area contributed by atoms with Crippen LogP contribution in [0.3, 0.4) is 0 Å². The molecule has 3 heterocycles. The molecule has 4 rings (SSSR count). The van der Waals surface area contributed by atoms with Gasteiger partial charge in [-0.25, -0.2) is 9.97 Å². The summed E-state index contributed by atoms with van der Waals surface area (Å²) in [6.07, 6.45) is 2.48. The van der Waals surface area contributed by atoms with Gasteiger partial charge in [-0.15, -0.1) is 0 Å². The SMILES string of the molecule is Cc1nc(N2CC[C@@](O)(c3ccccc3)C2)c2cnn(C)c2n1. The molecule has 2 aromatic heterocycles. The van der Waals surface area contributed by atoms with Crippen molar-refractivity contribution in [1.29, 1.82) is 0 Å². The Labute approximate surface area is 134 Å². The average Bonchev–Trinajstić information content (AvgIpc) is 3.13. The monoisotopic (exact) mass is 309 g/mol. The Bertz CT molecular complexity index is 860. The first-order valence-corrected chi connectivity index (χ1v) is 7.76. The number of β-amino-alcohol motifs (C(OH)–C–C–N with tert-alkyl or cyclic N) is 1. The summed E-state index contributed by atoms with van der Waals surface area (Å²) in [5.41, 5.74) is 0.938. The first-order chi connectivity index (χ1) is 11.1. The second kappa shape index (κ2) is 5.03. The third-order valence-electron chi connectivity index (χ3n) is 4.54. The summed E-state index contributed by atoms with van der Waals surface area (Å²) in [5, 5.41) is 16.2. The van der Waals surface area contributed by atoms with E-state index in [1.807, 2.05) is 44.3 Å². The minimum Gasteiger partial charge on any atom is -0.383 e. The quantitative estimate of drug-likeness (QED) is 0.781. The van der Waals surface area contributed by atoms with Crippen LogP contribution in [-0.4, -0.2) is 37.9 Å². The molecule has 6 nitrogen and oxygen atoms in total. The van der Waals surface area contributed by atoms with Crippen molar-refractivity contribution in [2.75, 3.05) is 18.0 Å². The number of aryl methyl sites for hydroxylation is 2. The highest BCUT2D eigenvalue weighted by molar-refractivity contribution is 5.87. The van der Waals surface area contributed by atoms with Crippen LogP contribution >= 0.6 is 0 Å². The first-order valence-electron chi connectivity index (χ1n) is 7.76. The molecule has 1 aromatic carbocycles. The number of hydrogen-bond acceptors (Lipinski definition) is 5. The lowest BCUT2D eigenvalue weighted by Crippen LogP contribution is -2.31. The van der Waals surface area contributed by atoms with Crippen LogP contribution < -0.4 is 4.90 Å². The van der Waals surface area contributed by atoms with Gasteiger partial charge in [0.2, 0.25) is 0 Å². The zero-order valence-corrected chi connectivity index (χ0v) is 13.3. The maximum atomic E-state index is 11.0. The second-order valence-electron chi connectivity index (χ2n) is 6.17. The average molecular weight is 309 g/mol.